The lowest BCUT2D eigenvalue weighted by molar-refractivity contribution is -0.118. The average Bonchev–Trinajstić information content (AvgIpc) is 2.18. The summed E-state index contributed by atoms with van der Waals surface area (Å²) in [5.74, 6) is 1.02. The summed E-state index contributed by atoms with van der Waals surface area (Å²) in [6, 6.07) is 0.405. The molecule has 0 bridgehead atoms. The molecule has 2 rings (SSSR count). The molecular formula is C11H17NO2. The van der Waals surface area contributed by atoms with Gasteiger partial charge in [0.25, 0.3) is 0 Å². The maximum Gasteiger partial charge on any atom is 0.193 e. The van der Waals surface area contributed by atoms with Crippen LogP contribution in [0.2, 0.25) is 0 Å². The van der Waals surface area contributed by atoms with Crippen molar-refractivity contribution in [2.75, 3.05) is 13.2 Å². The van der Waals surface area contributed by atoms with Gasteiger partial charge < -0.3 is 9.64 Å². The Kier molecular flexibility index (Phi) is 2.75. The van der Waals surface area contributed by atoms with Crippen molar-refractivity contribution in [3.63, 3.8) is 0 Å². The number of allylic oxidation sites excluding steroid dienone is 1. The molecule has 0 amide bonds. The van der Waals surface area contributed by atoms with Crippen LogP contribution in [0.4, 0.5) is 0 Å². The topological polar surface area (TPSA) is 29.5 Å². The van der Waals surface area contributed by atoms with E-state index in [9.17, 15) is 4.79 Å². The standard InChI is InChI=1S/C11H17NO2/c1-2-14-11-8-10(13)7-9-5-3-4-6-12(9)11/h8-9H,2-7H2,1H3. The summed E-state index contributed by atoms with van der Waals surface area (Å²) in [4.78, 5) is 13.7. The summed E-state index contributed by atoms with van der Waals surface area (Å²) in [6.07, 6.45) is 5.93. The first-order valence-electron chi connectivity index (χ1n) is 5.45. The molecule has 1 atom stereocenters. The number of hydrogen-bond donors (Lipinski definition) is 0. The van der Waals surface area contributed by atoms with Crippen molar-refractivity contribution in [1.29, 1.82) is 0 Å². The second kappa shape index (κ2) is 4.03. The number of carbonyl (C=O) groups is 1. The van der Waals surface area contributed by atoms with E-state index in [1.54, 1.807) is 6.08 Å². The summed E-state index contributed by atoms with van der Waals surface area (Å²) in [6.45, 7) is 3.64. The maximum absolute atomic E-state index is 11.4. The van der Waals surface area contributed by atoms with E-state index >= 15 is 0 Å². The number of rotatable bonds is 2. The largest absolute Gasteiger partial charge is 0.479 e. The van der Waals surface area contributed by atoms with Crippen LogP contribution in [0, 0.1) is 0 Å². The third kappa shape index (κ3) is 1.76. The van der Waals surface area contributed by atoms with Crippen molar-refractivity contribution >= 4 is 5.78 Å². The quantitative estimate of drug-likeness (QED) is 0.671. The second-order valence-electron chi connectivity index (χ2n) is 3.93. The number of fused-ring (bicyclic) bond motifs is 1. The number of hydrogen-bond acceptors (Lipinski definition) is 3. The Morgan fingerprint density at radius 3 is 3.21 bits per heavy atom. The normalized spacial score (nSPS) is 26.9. The van der Waals surface area contributed by atoms with Gasteiger partial charge in [0, 0.05) is 25.1 Å². The van der Waals surface area contributed by atoms with E-state index in [1.807, 2.05) is 6.92 Å². The fourth-order valence-corrected chi connectivity index (χ4v) is 2.29. The van der Waals surface area contributed by atoms with E-state index < -0.39 is 0 Å². The van der Waals surface area contributed by atoms with Crippen molar-refractivity contribution in [2.24, 2.45) is 0 Å². The molecule has 0 aromatic rings. The SMILES string of the molecule is CCOC1=CC(=O)CC2CCCCN12. The smallest absolute Gasteiger partial charge is 0.193 e. The van der Waals surface area contributed by atoms with Crippen LogP contribution in [0.15, 0.2) is 12.0 Å². The molecule has 1 unspecified atom stereocenters. The molecule has 3 nitrogen and oxygen atoms in total. The summed E-state index contributed by atoms with van der Waals surface area (Å²) in [7, 11) is 0. The first-order chi connectivity index (χ1) is 6.81. The Hall–Kier alpha value is -0.990. The first kappa shape index (κ1) is 9.56. The van der Waals surface area contributed by atoms with Crippen LogP contribution >= 0.6 is 0 Å². The highest BCUT2D eigenvalue weighted by molar-refractivity contribution is 5.91. The van der Waals surface area contributed by atoms with Crippen LogP contribution in [0.3, 0.4) is 0 Å². The number of piperidine rings is 1. The van der Waals surface area contributed by atoms with Gasteiger partial charge in [-0.3, -0.25) is 4.79 Å². The summed E-state index contributed by atoms with van der Waals surface area (Å²) in [5, 5.41) is 0. The molecule has 0 aromatic carbocycles. The molecule has 0 aliphatic carbocycles. The lowest BCUT2D eigenvalue weighted by atomic mass is 9.95. The Labute approximate surface area is 84.7 Å². The van der Waals surface area contributed by atoms with Gasteiger partial charge in [0.05, 0.1) is 6.61 Å². The van der Waals surface area contributed by atoms with Crippen LogP contribution in [-0.2, 0) is 9.53 Å². The molecule has 0 saturated carbocycles. The second-order valence-corrected chi connectivity index (χ2v) is 3.93. The third-order valence-corrected chi connectivity index (χ3v) is 2.92. The molecule has 0 spiro atoms. The summed E-state index contributed by atoms with van der Waals surface area (Å²) < 4.78 is 5.49. The molecule has 0 radical (unpaired) electrons. The van der Waals surface area contributed by atoms with Crippen molar-refractivity contribution < 1.29 is 9.53 Å². The molecule has 3 heteroatoms. The van der Waals surface area contributed by atoms with Crippen molar-refractivity contribution in [2.45, 2.75) is 38.6 Å². The van der Waals surface area contributed by atoms with E-state index in [2.05, 4.69) is 4.90 Å². The average molecular weight is 195 g/mol. The molecule has 2 heterocycles. The molecule has 14 heavy (non-hydrogen) atoms. The Morgan fingerprint density at radius 2 is 2.43 bits per heavy atom. The van der Waals surface area contributed by atoms with E-state index in [-0.39, 0.29) is 5.78 Å². The minimum atomic E-state index is 0.219. The Morgan fingerprint density at radius 1 is 1.57 bits per heavy atom. The molecular weight excluding hydrogens is 178 g/mol. The molecule has 0 aromatic heterocycles. The van der Waals surface area contributed by atoms with E-state index in [0.29, 0.717) is 19.1 Å². The summed E-state index contributed by atoms with van der Waals surface area (Å²) >= 11 is 0. The van der Waals surface area contributed by atoms with Gasteiger partial charge in [-0.1, -0.05) is 0 Å². The van der Waals surface area contributed by atoms with Gasteiger partial charge in [0.15, 0.2) is 11.7 Å². The van der Waals surface area contributed by atoms with E-state index in [4.69, 9.17) is 4.74 Å². The van der Waals surface area contributed by atoms with Crippen LogP contribution in [0.5, 0.6) is 0 Å². The maximum atomic E-state index is 11.4. The summed E-state index contributed by atoms with van der Waals surface area (Å²) in [5.41, 5.74) is 0. The first-order valence-corrected chi connectivity index (χ1v) is 5.45. The predicted molar refractivity (Wildman–Crippen MR) is 53.7 cm³/mol. The highest BCUT2D eigenvalue weighted by atomic mass is 16.5. The van der Waals surface area contributed by atoms with E-state index in [1.165, 1.54) is 12.8 Å². The molecule has 2 aliphatic rings. The van der Waals surface area contributed by atoms with Gasteiger partial charge in [-0.05, 0) is 26.2 Å². The predicted octanol–water partition coefficient (Wildman–Crippen LogP) is 1.69. The zero-order valence-electron chi connectivity index (χ0n) is 8.66. The molecule has 1 fully saturated rings. The van der Waals surface area contributed by atoms with E-state index in [0.717, 1.165) is 18.8 Å². The third-order valence-electron chi connectivity index (χ3n) is 2.92. The van der Waals surface area contributed by atoms with Crippen LogP contribution in [0.25, 0.3) is 0 Å². The molecule has 1 saturated heterocycles. The fraction of sp³-hybridized carbons (Fsp3) is 0.727. The van der Waals surface area contributed by atoms with Gasteiger partial charge in [-0.25, -0.2) is 0 Å². The number of ketones is 1. The highest BCUT2D eigenvalue weighted by Crippen LogP contribution is 2.28. The highest BCUT2D eigenvalue weighted by Gasteiger charge is 2.30. The zero-order chi connectivity index (χ0) is 9.97. The van der Waals surface area contributed by atoms with Crippen LogP contribution in [-0.4, -0.2) is 29.9 Å². The molecule has 2 aliphatic heterocycles. The monoisotopic (exact) mass is 195 g/mol. The van der Waals surface area contributed by atoms with Crippen LogP contribution < -0.4 is 0 Å². The minimum Gasteiger partial charge on any atom is -0.479 e. The fourth-order valence-electron chi connectivity index (χ4n) is 2.29. The van der Waals surface area contributed by atoms with Gasteiger partial charge in [0.2, 0.25) is 0 Å². The molecule has 78 valence electrons. The Balaban J connectivity index is 2.14. The van der Waals surface area contributed by atoms with Gasteiger partial charge >= 0.3 is 0 Å². The Bertz CT molecular complexity index is 260. The van der Waals surface area contributed by atoms with Crippen molar-refractivity contribution in [3.05, 3.63) is 12.0 Å². The van der Waals surface area contributed by atoms with Crippen LogP contribution in [0.1, 0.15) is 32.6 Å². The molecule has 0 N–H and O–H groups in total. The zero-order valence-corrected chi connectivity index (χ0v) is 8.66. The van der Waals surface area contributed by atoms with Crippen molar-refractivity contribution in [3.8, 4) is 0 Å². The number of carbonyl (C=O) groups excluding carboxylic acids is 1. The van der Waals surface area contributed by atoms with Gasteiger partial charge in [0.1, 0.15) is 0 Å². The number of nitrogens with zero attached hydrogens (tertiary/aromatic N) is 1. The number of ether oxygens (including phenoxy) is 1. The van der Waals surface area contributed by atoms with Crippen molar-refractivity contribution in [1.82, 2.24) is 4.90 Å². The lowest BCUT2D eigenvalue weighted by Crippen LogP contribution is -2.43. The minimum absolute atomic E-state index is 0.219. The van der Waals surface area contributed by atoms with Gasteiger partial charge in [-0.15, -0.1) is 0 Å². The van der Waals surface area contributed by atoms with Gasteiger partial charge in [-0.2, -0.15) is 0 Å². The lowest BCUT2D eigenvalue weighted by Gasteiger charge is -2.40.